The highest BCUT2D eigenvalue weighted by Crippen LogP contribution is 2.59. The molecule has 0 saturated carbocycles. The van der Waals surface area contributed by atoms with E-state index in [4.69, 9.17) is 9.26 Å². The van der Waals surface area contributed by atoms with Crippen LogP contribution < -0.4 is 5.56 Å². The Morgan fingerprint density at radius 1 is 1.24 bits per heavy atom. The summed E-state index contributed by atoms with van der Waals surface area (Å²) in [6, 6.07) is 1.46. The number of H-pyrrole nitrogens is 1. The molecule has 0 spiro atoms. The molecule has 4 unspecified atom stereocenters. The monoisotopic (exact) mass is 485 g/mol. The first-order valence-corrected chi connectivity index (χ1v) is 12.5. The van der Waals surface area contributed by atoms with Crippen molar-refractivity contribution in [3.8, 4) is 11.5 Å². The Bertz CT molecular complexity index is 1080. The molecule has 7 atom stereocenters. The van der Waals surface area contributed by atoms with E-state index in [9.17, 15) is 29.6 Å². The van der Waals surface area contributed by atoms with E-state index in [-0.39, 0.29) is 24.8 Å². The third-order valence-electron chi connectivity index (χ3n) is 6.38. The van der Waals surface area contributed by atoms with Gasteiger partial charge in [0.1, 0.15) is 24.0 Å². The minimum Gasteiger partial charge on any atom is -0.388 e. The van der Waals surface area contributed by atoms with E-state index in [2.05, 4.69) is 15.0 Å². The molecule has 0 radical (unpaired) electrons. The SMILES string of the molecule is CCC(C)(C[C@H]1O[C@@H](c2cc3ncc(C)[nH]c-3nc2=O)[C@@H](O)C1O)OP(=O)(O)C(C)(O)CC. The van der Waals surface area contributed by atoms with Crippen LogP contribution in [0.3, 0.4) is 0 Å². The van der Waals surface area contributed by atoms with Gasteiger partial charge < -0.3 is 34.5 Å². The molecule has 3 rings (SSSR count). The Kier molecular flexibility index (Phi) is 7.18. The first kappa shape index (κ1) is 25.9. The number of hydrogen-bond donors (Lipinski definition) is 5. The maximum Gasteiger partial charge on any atom is 0.359 e. The molecule has 3 heterocycles. The lowest BCUT2D eigenvalue weighted by Crippen LogP contribution is -2.40. The van der Waals surface area contributed by atoms with Gasteiger partial charge in [-0.3, -0.25) is 14.3 Å². The number of aromatic amines is 1. The van der Waals surface area contributed by atoms with Gasteiger partial charge >= 0.3 is 7.60 Å². The first-order valence-electron chi connectivity index (χ1n) is 10.9. The lowest BCUT2D eigenvalue weighted by atomic mass is 9.92. The van der Waals surface area contributed by atoms with Crippen LogP contribution in [-0.4, -0.2) is 64.4 Å². The van der Waals surface area contributed by atoms with E-state index in [0.717, 1.165) is 5.69 Å². The Hall–Kier alpha value is -1.72. The number of aryl methyl sites for hydroxylation is 1. The summed E-state index contributed by atoms with van der Waals surface area (Å²) in [7, 11) is -4.45. The van der Waals surface area contributed by atoms with Crippen LogP contribution in [0.25, 0.3) is 11.5 Å². The zero-order valence-corrected chi connectivity index (χ0v) is 20.2. The van der Waals surface area contributed by atoms with Crippen LogP contribution in [0.15, 0.2) is 17.1 Å². The molecule has 184 valence electrons. The summed E-state index contributed by atoms with van der Waals surface area (Å²) in [6.07, 6.45) is -3.23. The number of aliphatic hydroxyl groups excluding tert-OH is 2. The molecular weight excluding hydrogens is 453 g/mol. The second-order valence-corrected chi connectivity index (χ2v) is 11.3. The van der Waals surface area contributed by atoms with Gasteiger partial charge in [0, 0.05) is 18.3 Å². The van der Waals surface area contributed by atoms with Gasteiger partial charge in [-0.05, 0) is 39.7 Å². The molecule has 11 nitrogen and oxygen atoms in total. The van der Waals surface area contributed by atoms with Crippen LogP contribution in [0.1, 0.15) is 64.3 Å². The van der Waals surface area contributed by atoms with Crippen molar-refractivity contribution in [2.45, 2.75) is 89.2 Å². The van der Waals surface area contributed by atoms with Crippen molar-refractivity contribution in [3.05, 3.63) is 33.9 Å². The fraction of sp³-hybridized carbons (Fsp3) is 0.667. The highest BCUT2D eigenvalue weighted by Gasteiger charge is 2.51. The summed E-state index contributed by atoms with van der Waals surface area (Å²) in [4.78, 5) is 34.1. The molecule has 0 aromatic carbocycles. The first-order chi connectivity index (χ1) is 15.2. The zero-order valence-electron chi connectivity index (χ0n) is 19.3. The van der Waals surface area contributed by atoms with E-state index in [1.807, 2.05) is 0 Å². The number of ether oxygens (including phenoxy) is 1. The van der Waals surface area contributed by atoms with Crippen LogP contribution in [0.4, 0.5) is 0 Å². The fourth-order valence-electron chi connectivity index (χ4n) is 3.72. The number of pyridine rings is 1. The third kappa shape index (κ3) is 5.05. The van der Waals surface area contributed by atoms with Crippen molar-refractivity contribution in [2.24, 2.45) is 0 Å². The van der Waals surface area contributed by atoms with E-state index in [1.165, 1.54) is 13.0 Å². The fourth-order valence-corrected chi connectivity index (χ4v) is 5.12. The molecule has 1 saturated heterocycles. The average Bonchev–Trinajstić information content (AvgIpc) is 3.00. The van der Waals surface area contributed by atoms with Crippen molar-refractivity contribution in [1.82, 2.24) is 15.0 Å². The second kappa shape index (κ2) is 9.14. The number of nitrogens with one attached hydrogen (secondary N) is 1. The van der Waals surface area contributed by atoms with E-state index in [1.54, 1.807) is 33.9 Å². The summed E-state index contributed by atoms with van der Waals surface area (Å²) in [5, 5.41) is 29.6. The van der Waals surface area contributed by atoms with Crippen molar-refractivity contribution in [2.75, 3.05) is 0 Å². The Morgan fingerprint density at radius 2 is 1.91 bits per heavy atom. The summed E-state index contributed by atoms with van der Waals surface area (Å²) in [5.74, 6) is 0.293. The van der Waals surface area contributed by atoms with Crippen LogP contribution in [0.2, 0.25) is 0 Å². The van der Waals surface area contributed by atoms with Crippen molar-refractivity contribution in [1.29, 1.82) is 0 Å². The molecule has 0 aromatic rings. The van der Waals surface area contributed by atoms with E-state index >= 15 is 0 Å². The molecule has 1 fully saturated rings. The molecule has 12 heteroatoms. The molecule has 0 aliphatic carbocycles. The highest BCUT2D eigenvalue weighted by atomic mass is 31.2. The number of aliphatic hydroxyl groups is 3. The topological polar surface area (TPSA) is 175 Å². The maximum atomic E-state index is 12.7. The zero-order chi connectivity index (χ0) is 24.8. The van der Waals surface area contributed by atoms with Gasteiger partial charge in [0.15, 0.2) is 11.2 Å². The average molecular weight is 485 g/mol. The minimum atomic E-state index is -4.45. The molecule has 0 aromatic heterocycles. The molecule has 5 N–H and O–H groups in total. The molecule has 0 bridgehead atoms. The quantitative estimate of drug-likeness (QED) is 0.345. The van der Waals surface area contributed by atoms with Gasteiger partial charge in [-0.1, -0.05) is 13.8 Å². The standard InChI is InChI=1S/C21H32N3O8P/c1-6-20(4,32-33(29,30)21(5,28)7-2)9-14-15(25)16(26)17(31-14)12-8-13-18(24-19(12)27)23-11(3)10-22-13/h8,10,14-17,25-26,28H,6-7,9H2,1-5H3,(H,29,30)(H,23,24,27)/t14-,15?,16+,17+,20?,21?/m1/s1. The van der Waals surface area contributed by atoms with Crippen LogP contribution in [0, 0.1) is 6.92 Å². The minimum absolute atomic E-state index is 0.00383. The summed E-state index contributed by atoms with van der Waals surface area (Å²) >= 11 is 0. The van der Waals surface area contributed by atoms with Crippen molar-refractivity contribution in [3.63, 3.8) is 0 Å². The van der Waals surface area contributed by atoms with Crippen molar-refractivity contribution < 1.29 is 34.0 Å². The number of aromatic nitrogens is 3. The largest absolute Gasteiger partial charge is 0.388 e. The molecule has 3 aliphatic rings. The van der Waals surface area contributed by atoms with Crippen LogP contribution in [-0.2, 0) is 13.8 Å². The number of hydrogen-bond acceptors (Lipinski definition) is 9. The van der Waals surface area contributed by atoms with Gasteiger partial charge in [0.2, 0.25) is 0 Å². The predicted molar refractivity (Wildman–Crippen MR) is 119 cm³/mol. The Balaban J connectivity index is 1.86. The van der Waals surface area contributed by atoms with Crippen LogP contribution >= 0.6 is 7.60 Å². The van der Waals surface area contributed by atoms with E-state index in [0.29, 0.717) is 11.5 Å². The molecule has 33 heavy (non-hydrogen) atoms. The third-order valence-corrected chi connectivity index (χ3v) is 8.60. The highest BCUT2D eigenvalue weighted by molar-refractivity contribution is 7.54. The number of nitrogens with zero attached hydrogens (tertiary/aromatic N) is 2. The van der Waals surface area contributed by atoms with Crippen LogP contribution in [0.5, 0.6) is 0 Å². The smallest absolute Gasteiger partial charge is 0.359 e. The summed E-state index contributed by atoms with van der Waals surface area (Å²) < 4.78 is 24.1. The molecular formula is C21H32N3O8P. The molecule has 0 amide bonds. The second-order valence-electron chi connectivity index (χ2n) is 9.08. The Labute approximate surface area is 191 Å². The normalized spacial score (nSPS) is 28.9. The van der Waals surface area contributed by atoms with Gasteiger partial charge in [0.05, 0.1) is 17.3 Å². The van der Waals surface area contributed by atoms with Gasteiger partial charge in [-0.25, -0.2) is 0 Å². The Morgan fingerprint density at radius 3 is 2.52 bits per heavy atom. The predicted octanol–water partition coefficient (Wildman–Crippen LogP) is 1.62. The van der Waals surface area contributed by atoms with Crippen molar-refractivity contribution >= 4 is 7.60 Å². The molecule has 3 aliphatic heterocycles. The van der Waals surface area contributed by atoms with Gasteiger partial charge in [-0.15, -0.1) is 0 Å². The van der Waals surface area contributed by atoms with E-state index < -0.39 is 48.5 Å². The maximum absolute atomic E-state index is 12.7. The lowest BCUT2D eigenvalue weighted by Gasteiger charge is -2.37. The summed E-state index contributed by atoms with van der Waals surface area (Å²) in [6.45, 7) is 7.85. The number of rotatable bonds is 8. The van der Waals surface area contributed by atoms with Gasteiger partial charge in [0.25, 0.3) is 5.56 Å². The lowest BCUT2D eigenvalue weighted by molar-refractivity contribution is -0.0532. The number of fused-ring (bicyclic) bond motifs is 1. The summed E-state index contributed by atoms with van der Waals surface area (Å²) in [5.41, 5.74) is -0.733. The van der Waals surface area contributed by atoms with Gasteiger partial charge in [-0.2, -0.15) is 4.98 Å².